The quantitative estimate of drug-likeness (QED) is 0.605. The lowest BCUT2D eigenvalue weighted by Crippen LogP contribution is -2.49. The van der Waals surface area contributed by atoms with Crippen LogP contribution in [0.4, 0.5) is 5.69 Å². The zero-order valence-corrected chi connectivity index (χ0v) is 13.6. The van der Waals surface area contributed by atoms with Crippen LogP contribution < -0.4 is 0 Å². The van der Waals surface area contributed by atoms with Crippen molar-refractivity contribution in [1.29, 1.82) is 0 Å². The number of nitro groups is 1. The molecule has 7 nitrogen and oxygen atoms in total. The molecule has 0 spiro atoms. The van der Waals surface area contributed by atoms with Crippen molar-refractivity contribution < 1.29 is 13.3 Å². The van der Waals surface area contributed by atoms with Crippen LogP contribution in [0.15, 0.2) is 29.2 Å². The lowest BCUT2D eigenvalue weighted by atomic mass is 10.2. The molecule has 1 heterocycles. The standard InChI is InChI=1S/C14H21N3O4S/c1-12(2)11-15-7-9-16(10-8-15)22(20,21)14-6-4-3-5-13(14)17(18)19/h3-6,12H,7-11H2,1-2H3. The van der Waals surface area contributed by atoms with E-state index in [1.165, 1.54) is 28.6 Å². The van der Waals surface area contributed by atoms with Gasteiger partial charge >= 0.3 is 0 Å². The van der Waals surface area contributed by atoms with Crippen LogP contribution in [0.1, 0.15) is 13.8 Å². The van der Waals surface area contributed by atoms with Gasteiger partial charge in [0.05, 0.1) is 4.92 Å². The summed E-state index contributed by atoms with van der Waals surface area (Å²) in [5.41, 5.74) is -0.368. The van der Waals surface area contributed by atoms with Crippen LogP contribution in [0.5, 0.6) is 0 Å². The summed E-state index contributed by atoms with van der Waals surface area (Å²) in [4.78, 5) is 12.4. The van der Waals surface area contributed by atoms with Crippen molar-refractivity contribution in [3.63, 3.8) is 0 Å². The fraction of sp³-hybridized carbons (Fsp3) is 0.571. The van der Waals surface area contributed by atoms with Crippen LogP contribution in [0.2, 0.25) is 0 Å². The summed E-state index contributed by atoms with van der Waals surface area (Å²) in [6, 6.07) is 5.50. The lowest BCUT2D eigenvalue weighted by molar-refractivity contribution is -0.387. The highest BCUT2D eigenvalue weighted by Crippen LogP contribution is 2.26. The Morgan fingerprint density at radius 1 is 1.18 bits per heavy atom. The van der Waals surface area contributed by atoms with Gasteiger partial charge in [0, 0.05) is 38.8 Å². The number of piperazine rings is 1. The number of nitro benzene ring substituents is 1. The first-order valence-corrected chi connectivity index (χ1v) is 8.72. The maximum absolute atomic E-state index is 12.6. The second-order valence-corrected chi connectivity index (χ2v) is 7.73. The molecule has 22 heavy (non-hydrogen) atoms. The Balaban J connectivity index is 2.18. The minimum absolute atomic E-state index is 0.225. The van der Waals surface area contributed by atoms with Gasteiger partial charge in [0.1, 0.15) is 0 Å². The molecule has 0 unspecified atom stereocenters. The predicted molar refractivity (Wildman–Crippen MR) is 83.1 cm³/mol. The largest absolute Gasteiger partial charge is 0.300 e. The maximum atomic E-state index is 12.6. The van der Waals surface area contributed by atoms with Gasteiger partial charge in [0.25, 0.3) is 5.69 Å². The van der Waals surface area contributed by atoms with Crippen LogP contribution in [0.25, 0.3) is 0 Å². The predicted octanol–water partition coefficient (Wildman–Crippen LogP) is 1.56. The molecule has 1 aromatic rings. The van der Waals surface area contributed by atoms with Crippen molar-refractivity contribution in [2.45, 2.75) is 18.7 Å². The van der Waals surface area contributed by atoms with Gasteiger partial charge < -0.3 is 4.90 Å². The summed E-state index contributed by atoms with van der Waals surface area (Å²) < 4.78 is 26.6. The smallest absolute Gasteiger partial charge is 0.289 e. The average Bonchev–Trinajstić information content (AvgIpc) is 2.47. The highest BCUT2D eigenvalue weighted by Gasteiger charge is 2.33. The van der Waals surface area contributed by atoms with Gasteiger partial charge in [-0.15, -0.1) is 0 Å². The van der Waals surface area contributed by atoms with Crippen LogP contribution in [-0.2, 0) is 10.0 Å². The Bertz CT molecular complexity index is 637. The van der Waals surface area contributed by atoms with Crippen LogP contribution in [-0.4, -0.2) is 55.3 Å². The van der Waals surface area contributed by atoms with Gasteiger partial charge in [-0.25, -0.2) is 8.42 Å². The Morgan fingerprint density at radius 3 is 2.32 bits per heavy atom. The molecule has 0 aromatic heterocycles. The summed E-state index contributed by atoms with van der Waals surface area (Å²) in [5.74, 6) is 0.526. The summed E-state index contributed by atoms with van der Waals surface area (Å²) in [6.07, 6.45) is 0. The first-order chi connectivity index (χ1) is 10.3. The van der Waals surface area contributed by atoms with E-state index in [9.17, 15) is 18.5 Å². The van der Waals surface area contributed by atoms with Crippen LogP contribution >= 0.6 is 0 Å². The van der Waals surface area contributed by atoms with E-state index >= 15 is 0 Å². The van der Waals surface area contributed by atoms with Crippen molar-refractivity contribution in [2.75, 3.05) is 32.7 Å². The summed E-state index contributed by atoms with van der Waals surface area (Å²) >= 11 is 0. The third-order valence-corrected chi connectivity index (χ3v) is 5.58. The molecular formula is C14H21N3O4S. The van der Waals surface area contributed by atoms with E-state index in [1.807, 2.05) is 0 Å². The van der Waals surface area contributed by atoms with Crippen molar-refractivity contribution in [3.05, 3.63) is 34.4 Å². The van der Waals surface area contributed by atoms with Crippen molar-refractivity contribution >= 4 is 15.7 Å². The fourth-order valence-electron chi connectivity index (χ4n) is 2.63. The molecular weight excluding hydrogens is 306 g/mol. The van der Waals surface area contributed by atoms with Gasteiger partial charge in [0.2, 0.25) is 10.0 Å². The fourth-order valence-corrected chi connectivity index (χ4v) is 4.21. The number of para-hydroxylation sites is 1. The normalized spacial score (nSPS) is 17.8. The van der Waals surface area contributed by atoms with E-state index in [-0.39, 0.29) is 10.6 Å². The molecule has 0 atom stereocenters. The summed E-state index contributed by atoms with van der Waals surface area (Å²) in [7, 11) is -3.82. The van der Waals surface area contributed by atoms with Gasteiger partial charge in [-0.3, -0.25) is 10.1 Å². The Labute approximate surface area is 130 Å². The number of benzene rings is 1. The molecule has 0 saturated carbocycles. The first-order valence-electron chi connectivity index (χ1n) is 7.28. The molecule has 1 saturated heterocycles. The van der Waals surface area contributed by atoms with Gasteiger partial charge in [-0.05, 0) is 12.0 Å². The molecule has 1 aliphatic rings. The Kier molecular flexibility index (Phi) is 5.15. The molecule has 0 amide bonds. The summed E-state index contributed by atoms with van der Waals surface area (Å²) in [5, 5.41) is 11.0. The highest BCUT2D eigenvalue weighted by molar-refractivity contribution is 7.89. The van der Waals surface area contributed by atoms with Crippen molar-refractivity contribution in [1.82, 2.24) is 9.21 Å². The topological polar surface area (TPSA) is 83.8 Å². The van der Waals surface area contributed by atoms with Gasteiger partial charge in [-0.2, -0.15) is 4.31 Å². The number of nitrogens with zero attached hydrogens (tertiary/aromatic N) is 3. The van der Waals surface area contributed by atoms with E-state index in [0.717, 1.165) is 6.54 Å². The lowest BCUT2D eigenvalue weighted by Gasteiger charge is -2.34. The molecule has 0 radical (unpaired) electrons. The third kappa shape index (κ3) is 3.63. The monoisotopic (exact) mass is 327 g/mol. The molecule has 0 bridgehead atoms. The number of hydrogen-bond donors (Lipinski definition) is 0. The summed E-state index contributed by atoms with van der Waals surface area (Å²) in [6.45, 7) is 7.20. The van der Waals surface area contributed by atoms with Crippen LogP contribution in [0, 0.1) is 16.0 Å². The number of rotatable bonds is 5. The van der Waals surface area contributed by atoms with Gasteiger partial charge in [-0.1, -0.05) is 26.0 Å². The highest BCUT2D eigenvalue weighted by atomic mass is 32.2. The molecule has 1 aliphatic heterocycles. The molecule has 2 rings (SSSR count). The average molecular weight is 327 g/mol. The molecule has 122 valence electrons. The van der Waals surface area contributed by atoms with Crippen LogP contribution in [0.3, 0.4) is 0 Å². The molecule has 0 N–H and O–H groups in total. The Morgan fingerprint density at radius 2 is 1.77 bits per heavy atom. The van der Waals surface area contributed by atoms with E-state index in [4.69, 9.17) is 0 Å². The van der Waals surface area contributed by atoms with E-state index in [2.05, 4.69) is 18.7 Å². The van der Waals surface area contributed by atoms with E-state index < -0.39 is 14.9 Å². The first kappa shape index (κ1) is 16.9. The minimum atomic E-state index is -3.82. The zero-order chi connectivity index (χ0) is 16.3. The van der Waals surface area contributed by atoms with Gasteiger partial charge in [0.15, 0.2) is 4.90 Å². The van der Waals surface area contributed by atoms with Crippen molar-refractivity contribution in [2.24, 2.45) is 5.92 Å². The minimum Gasteiger partial charge on any atom is -0.300 e. The molecule has 8 heteroatoms. The molecule has 0 aliphatic carbocycles. The Hall–Kier alpha value is -1.51. The van der Waals surface area contributed by atoms with Crippen molar-refractivity contribution in [3.8, 4) is 0 Å². The number of sulfonamides is 1. The SMILES string of the molecule is CC(C)CN1CCN(S(=O)(=O)c2ccccc2[N+](=O)[O-])CC1. The molecule has 1 fully saturated rings. The molecule has 1 aromatic carbocycles. The van der Waals surface area contributed by atoms with E-state index in [0.29, 0.717) is 32.1 Å². The third-order valence-electron chi connectivity index (χ3n) is 3.63. The van der Waals surface area contributed by atoms with E-state index in [1.54, 1.807) is 0 Å². The zero-order valence-electron chi connectivity index (χ0n) is 12.8. The second-order valence-electron chi connectivity index (χ2n) is 5.82. The maximum Gasteiger partial charge on any atom is 0.289 e. The second kappa shape index (κ2) is 6.72. The number of hydrogen-bond acceptors (Lipinski definition) is 5.